The van der Waals surface area contributed by atoms with E-state index >= 15 is 0 Å². The number of benzene rings is 1. The summed E-state index contributed by atoms with van der Waals surface area (Å²) in [5.74, 6) is 0.811. The highest BCUT2D eigenvalue weighted by atomic mass is 16.5. The first-order valence-corrected chi connectivity index (χ1v) is 10.6. The molecule has 0 saturated carbocycles. The molecule has 31 heavy (non-hydrogen) atoms. The fourth-order valence-electron chi connectivity index (χ4n) is 4.00. The van der Waals surface area contributed by atoms with E-state index in [2.05, 4.69) is 22.0 Å². The Labute approximate surface area is 183 Å². The standard InChI is InChI=1S/C24H29N5O2/c1-27(2)24(30)23-21-17-28(16-19-6-4-5-13-25-19)14-12-22(21)29(26-23)15-11-18-7-9-20(31-3)10-8-18/h4-10,13H,11-12,14-17H2,1-3H3. The first kappa shape index (κ1) is 21.1. The fourth-order valence-corrected chi connectivity index (χ4v) is 4.00. The van der Waals surface area contributed by atoms with E-state index in [0.29, 0.717) is 12.2 Å². The average Bonchev–Trinajstić information content (AvgIpc) is 3.16. The monoisotopic (exact) mass is 419 g/mol. The van der Waals surface area contributed by atoms with Crippen molar-refractivity contribution < 1.29 is 9.53 Å². The van der Waals surface area contributed by atoms with Crippen LogP contribution in [0.4, 0.5) is 0 Å². The fraction of sp³-hybridized carbons (Fsp3) is 0.375. The van der Waals surface area contributed by atoms with Gasteiger partial charge in [-0.2, -0.15) is 5.10 Å². The lowest BCUT2D eigenvalue weighted by molar-refractivity contribution is 0.0818. The molecule has 7 heteroatoms. The third-order valence-electron chi connectivity index (χ3n) is 5.70. The van der Waals surface area contributed by atoms with Gasteiger partial charge in [0.1, 0.15) is 5.75 Å². The molecular weight excluding hydrogens is 390 g/mol. The van der Waals surface area contributed by atoms with E-state index in [9.17, 15) is 4.79 Å². The third-order valence-corrected chi connectivity index (χ3v) is 5.70. The number of aromatic nitrogens is 3. The quantitative estimate of drug-likeness (QED) is 0.589. The van der Waals surface area contributed by atoms with E-state index in [1.54, 1.807) is 26.1 Å². The molecule has 0 bridgehead atoms. The van der Waals surface area contributed by atoms with Crippen LogP contribution < -0.4 is 4.74 Å². The van der Waals surface area contributed by atoms with Gasteiger partial charge in [-0.3, -0.25) is 19.4 Å². The molecule has 0 radical (unpaired) electrons. The van der Waals surface area contributed by atoms with E-state index in [4.69, 9.17) is 9.84 Å². The number of fused-ring (bicyclic) bond motifs is 1. The molecule has 0 fully saturated rings. The number of methoxy groups -OCH3 is 1. The second-order valence-electron chi connectivity index (χ2n) is 8.08. The maximum atomic E-state index is 12.8. The number of ether oxygens (including phenoxy) is 1. The minimum absolute atomic E-state index is 0.0425. The van der Waals surface area contributed by atoms with Crippen molar-refractivity contribution in [1.29, 1.82) is 0 Å². The molecule has 0 saturated heterocycles. The SMILES string of the molecule is COc1ccc(CCn2nc(C(=O)N(C)C)c3c2CCN(Cc2ccccn2)C3)cc1. The van der Waals surface area contributed by atoms with Crippen molar-refractivity contribution in [1.82, 2.24) is 24.6 Å². The molecule has 0 atom stereocenters. The third kappa shape index (κ3) is 4.77. The Morgan fingerprint density at radius 2 is 1.97 bits per heavy atom. The topological polar surface area (TPSA) is 63.5 Å². The molecule has 1 amide bonds. The van der Waals surface area contributed by atoms with Crippen LogP contribution in [0.3, 0.4) is 0 Å². The van der Waals surface area contributed by atoms with Crippen LogP contribution in [-0.2, 0) is 32.5 Å². The Hall–Kier alpha value is -3.19. The van der Waals surface area contributed by atoms with Crippen molar-refractivity contribution in [2.24, 2.45) is 0 Å². The van der Waals surface area contributed by atoms with Crippen LogP contribution in [-0.4, -0.2) is 58.2 Å². The minimum Gasteiger partial charge on any atom is -0.497 e. The zero-order valence-corrected chi connectivity index (χ0v) is 18.4. The largest absolute Gasteiger partial charge is 0.497 e. The summed E-state index contributed by atoms with van der Waals surface area (Å²) in [4.78, 5) is 21.2. The molecule has 3 aromatic rings. The summed E-state index contributed by atoms with van der Waals surface area (Å²) in [7, 11) is 5.23. The maximum absolute atomic E-state index is 12.8. The number of carbonyl (C=O) groups excluding carboxylic acids is 1. The maximum Gasteiger partial charge on any atom is 0.274 e. The highest BCUT2D eigenvalue weighted by Crippen LogP contribution is 2.25. The first-order chi connectivity index (χ1) is 15.0. The zero-order valence-electron chi connectivity index (χ0n) is 18.4. The van der Waals surface area contributed by atoms with Gasteiger partial charge < -0.3 is 9.64 Å². The Morgan fingerprint density at radius 3 is 2.65 bits per heavy atom. The van der Waals surface area contributed by atoms with Crippen molar-refractivity contribution in [2.75, 3.05) is 27.7 Å². The number of carbonyl (C=O) groups is 1. The highest BCUT2D eigenvalue weighted by Gasteiger charge is 2.28. The second-order valence-corrected chi connectivity index (χ2v) is 8.08. The lowest BCUT2D eigenvalue weighted by atomic mass is 10.0. The Kier molecular flexibility index (Phi) is 6.32. The van der Waals surface area contributed by atoms with Crippen LogP contribution in [0, 0.1) is 0 Å². The summed E-state index contributed by atoms with van der Waals surface area (Å²) >= 11 is 0. The van der Waals surface area contributed by atoms with E-state index in [-0.39, 0.29) is 5.91 Å². The van der Waals surface area contributed by atoms with Gasteiger partial charge in [-0.05, 0) is 36.2 Å². The van der Waals surface area contributed by atoms with Gasteiger partial charge in [0.2, 0.25) is 0 Å². The van der Waals surface area contributed by atoms with Gasteiger partial charge in [-0.1, -0.05) is 18.2 Å². The van der Waals surface area contributed by atoms with Gasteiger partial charge in [0.15, 0.2) is 5.69 Å². The predicted octanol–water partition coefficient (Wildman–Crippen LogP) is 2.79. The highest BCUT2D eigenvalue weighted by molar-refractivity contribution is 5.93. The van der Waals surface area contributed by atoms with E-state index < -0.39 is 0 Å². The number of nitrogens with zero attached hydrogens (tertiary/aromatic N) is 5. The summed E-state index contributed by atoms with van der Waals surface area (Å²) < 4.78 is 7.28. The molecular formula is C24H29N5O2. The number of hydrogen-bond acceptors (Lipinski definition) is 5. The summed E-state index contributed by atoms with van der Waals surface area (Å²) in [5, 5.41) is 4.76. The molecule has 4 rings (SSSR count). The van der Waals surface area contributed by atoms with Crippen LogP contribution in [0.25, 0.3) is 0 Å². The number of amides is 1. The lowest BCUT2D eigenvalue weighted by Crippen LogP contribution is -2.32. The molecule has 3 heterocycles. The summed E-state index contributed by atoms with van der Waals surface area (Å²) in [6.07, 6.45) is 3.55. The normalized spacial score (nSPS) is 13.6. The molecule has 1 aliphatic heterocycles. The molecule has 0 aliphatic carbocycles. The van der Waals surface area contributed by atoms with Crippen LogP contribution in [0.5, 0.6) is 5.75 Å². The number of rotatable bonds is 7. The van der Waals surface area contributed by atoms with Crippen molar-refractivity contribution in [3.05, 3.63) is 76.9 Å². The smallest absolute Gasteiger partial charge is 0.274 e. The zero-order chi connectivity index (χ0) is 21.8. The molecule has 7 nitrogen and oxygen atoms in total. The number of hydrogen-bond donors (Lipinski definition) is 0. The van der Waals surface area contributed by atoms with Gasteiger partial charge in [-0.25, -0.2) is 0 Å². The molecule has 0 unspecified atom stereocenters. The van der Waals surface area contributed by atoms with Gasteiger partial charge in [0.05, 0.1) is 12.8 Å². The van der Waals surface area contributed by atoms with Gasteiger partial charge in [0, 0.05) is 64.1 Å². The van der Waals surface area contributed by atoms with Gasteiger partial charge in [0.25, 0.3) is 5.91 Å². The summed E-state index contributed by atoms with van der Waals surface area (Å²) in [5.41, 5.74) is 5.06. The van der Waals surface area contributed by atoms with E-state index in [1.165, 1.54) is 11.3 Å². The molecule has 0 N–H and O–H groups in total. The predicted molar refractivity (Wildman–Crippen MR) is 119 cm³/mol. The molecule has 1 aromatic carbocycles. The van der Waals surface area contributed by atoms with Crippen molar-refractivity contribution in [3.63, 3.8) is 0 Å². The molecule has 162 valence electrons. The van der Waals surface area contributed by atoms with Crippen LogP contribution in [0.2, 0.25) is 0 Å². The van der Waals surface area contributed by atoms with Crippen LogP contribution >= 0.6 is 0 Å². The second kappa shape index (κ2) is 9.31. The Morgan fingerprint density at radius 1 is 1.16 bits per heavy atom. The summed E-state index contributed by atoms with van der Waals surface area (Å²) in [6.45, 7) is 3.15. The molecule has 0 spiro atoms. The van der Waals surface area contributed by atoms with Crippen molar-refractivity contribution in [2.45, 2.75) is 32.5 Å². The van der Waals surface area contributed by atoms with Crippen LogP contribution in [0.15, 0.2) is 48.7 Å². The number of aryl methyl sites for hydroxylation is 2. The summed E-state index contributed by atoms with van der Waals surface area (Å²) in [6, 6.07) is 14.1. The van der Waals surface area contributed by atoms with Gasteiger partial charge >= 0.3 is 0 Å². The Balaban J connectivity index is 1.55. The lowest BCUT2D eigenvalue weighted by Gasteiger charge is -2.27. The Bertz CT molecular complexity index is 1030. The minimum atomic E-state index is -0.0425. The molecule has 2 aromatic heterocycles. The number of pyridine rings is 1. The van der Waals surface area contributed by atoms with E-state index in [1.807, 2.05) is 41.2 Å². The van der Waals surface area contributed by atoms with Crippen LogP contribution in [0.1, 0.15) is 33.0 Å². The van der Waals surface area contributed by atoms with Crippen molar-refractivity contribution in [3.8, 4) is 5.75 Å². The van der Waals surface area contributed by atoms with Gasteiger partial charge in [-0.15, -0.1) is 0 Å². The van der Waals surface area contributed by atoms with E-state index in [0.717, 1.165) is 49.5 Å². The average molecular weight is 420 g/mol. The molecule has 1 aliphatic rings. The van der Waals surface area contributed by atoms with Crippen molar-refractivity contribution >= 4 is 5.91 Å². The first-order valence-electron chi connectivity index (χ1n) is 10.6.